The van der Waals surface area contributed by atoms with Gasteiger partial charge in [-0.25, -0.2) is 28.1 Å². The second-order valence-corrected chi connectivity index (χ2v) is 10.5. The van der Waals surface area contributed by atoms with Crippen LogP contribution >= 0.6 is 11.8 Å². The largest absolute Gasteiger partial charge is 0.383 e. The van der Waals surface area contributed by atoms with E-state index in [0.717, 1.165) is 11.8 Å². The average Bonchev–Trinajstić information content (AvgIpc) is 2.82. The quantitative estimate of drug-likeness (QED) is 0.371. The third kappa shape index (κ3) is 6.07. The molecule has 1 amide bonds. The second-order valence-electron chi connectivity index (χ2n) is 7.83. The Balaban J connectivity index is 1.69. The van der Waals surface area contributed by atoms with Gasteiger partial charge in [0.05, 0.1) is 21.8 Å². The molecule has 11 nitrogen and oxygen atoms in total. The van der Waals surface area contributed by atoms with Crippen molar-refractivity contribution in [3.63, 3.8) is 0 Å². The Hall–Kier alpha value is -4.20. The number of aryl methyl sites for hydroxylation is 1. The van der Waals surface area contributed by atoms with Crippen LogP contribution in [0.15, 0.2) is 46.5 Å². The molecule has 0 fully saturated rings. The number of benzene rings is 1. The van der Waals surface area contributed by atoms with Crippen LogP contribution in [0.2, 0.25) is 0 Å². The molecule has 36 heavy (non-hydrogen) atoms. The van der Waals surface area contributed by atoms with Crippen LogP contribution in [0.3, 0.4) is 0 Å². The molecule has 0 saturated heterocycles. The maximum atomic E-state index is 12.6. The fourth-order valence-electron chi connectivity index (χ4n) is 3.23. The number of rotatable bonds is 8. The Morgan fingerprint density at radius 3 is 2.36 bits per heavy atom. The van der Waals surface area contributed by atoms with Gasteiger partial charge in [0.15, 0.2) is 0 Å². The van der Waals surface area contributed by atoms with E-state index < -0.39 is 15.9 Å². The van der Waals surface area contributed by atoms with Crippen LogP contribution in [0.4, 0.5) is 17.5 Å². The lowest BCUT2D eigenvalue weighted by Crippen LogP contribution is -2.16. The van der Waals surface area contributed by atoms with E-state index in [2.05, 4.69) is 31.1 Å². The van der Waals surface area contributed by atoms with E-state index in [-0.39, 0.29) is 44.5 Å². The van der Waals surface area contributed by atoms with Crippen molar-refractivity contribution in [2.45, 2.75) is 36.6 Å². The van der Waals surface area contributed by atoms with Crippen LogP contribution in [0.25, 0.3) is 0 Å². The van der Waals surface area contributed by atoms with E-state index in [1.165, 1.54) is 30.5 Å². The predicted octanol–water partition coefficient (Wildman–Crippen LogP) is 3.16. The number of nitriles is 2. The highest BCUT2D eigenvalue weighted by atomic mass is 32.2. The first-order chi connectivity index (χ1) is 17.1. The molecule has 0 aliphatic carbocycles. The van der Waals surface area contributed by atoms with Gasteiger partial charge in [0.25, 0.3) is 10.0 Å². The normalized spacial score (nSPS) is 10.9. The number of nitrogen functional groups attached to an aromatic ring is 1. The monoisotopic (exact) mass is 522 g/mol. The number of aromatic nitrogens is 3. The highest BCUT2D eigenvalue weighted by Crippen LogP contribution is 2.33. The molecule has 0 aliphatic rings. The first kappa shape index (κ1) is 26.4. The molecular weight excluding hydrogens is 500 g/mol. The van der Waals surface area contributed by atoms with Crippen molar-refractivity contribution in [1.29, 1.82) is 10.5 Å². The Kier molecular flexibility index (Phi) is 8.09. The summed E-state index contributed by atoms with van der Waals surface area (Å²) in [6.07, 6.45) is 1.45. The van der Waals surface area contributed by atoms with Crippen molar-refractivity contribution in [3.05, 3.63) is 58.9 Å². The van der Waals surface area contributed by atoms with E-state index in [1.807, 2.05) is 19.9 Å². The molecule has 0 atom stereocenters. The van der Waals surface area contributed by atoms with E-state index in [4.69, 9.17) is 5.73 Å². The van der Waals surface area contributed by atoms with Crippen LogP contribution in [-0.4, -0.2) is 35.0 Å². The van der Waals surface area contributed by atoms with Gasteiger partial charge in [-0.05, 0) is 48.7 Å². The second kappa shape index (κ2) is 11.0. The smallest absolute Gasteiger partial charge is 0.264 e. The minimum Gasteiger partial charge on any atom is -0.383 e. The zero-order valence-electron chi connectivity index (χ0n) is 19.6. The number of nitrogens with two attached hydrogens (primary N) is 1. The number of nitrogens with zero attached hydrogens (tertiary/aromatic N) is 5. The fourth-order valence-corrected chi connectivity index (χ4v) is 4.99. The summed E-state index contributed by atoms with van der Waals surface area (Å²) in [7, 11) is -3.92. The van der Waals surface area contributed by atoms with Crippen LogP contribution in [0, 0.1) is 29.6 Å². The number of carbonyl (C=O) groups excluding carboxylic acids is 1. The lowest BCUT2D eigenvalue weighted by atomic mass is 9.94. The number of hydrogen-bond donors (Lipinski definition) is 3. The summed E-state index contributed by atoms with van der Waals surface area (Å²) in [5, 5.41) is 22.0. The topological polar surface area (TPSA) is 188 Å². The predicted molar refractivity (Wildman–Crippen MR) is 136 cm³/mol. The molecule has 3 aromatic rings. The number of pyridine rings is 1. The Labute approximate surface area is 212 Å². The zero-order valence-corrected chi connectivity index (χ0v) is 21.2. The molecule has 0 bridgehead atoms. The molecule has 13 heteroatoms. The zero-order chi connectivity index (χ0) is 26.5. The van der Waals surface area contributed by atoms with Crippen LogP contribution < -0.4 is 15.8 Å². The van der Waals surface area contributed by atoms with Crippen molar-refractivity contribution >= 4 is 45.1 Å². The van der Waals surface area contributed by atoms with Gasteiger partial charge in [0, 0.05) is 17.6 Å². The van der Waals surface area contributed by atoms with Gasteiger partial charge in [-0.2, -0.15) is 10.5 Å². The molecule has 1 aromatic carbocycles. The highest BCUT2D eigenvalue weighted by Gasteiger charge is 2.22. The fraction of sp³-hybridized carbons (Fsp3) is 0.217. The van der Waals surface area contributed by atoms with Crippen molar-refractivity contribution in [3.8, 4) is 12.1 Å². The average molecular weight is 523 g/mol. The van der Waals surface area contributed by atoms with E-state index in [0.29, 0.717) is 16.9 Å². The SMILES string of the molecule is Cc1ccnc(NS(=O)(=O)c2ccc(NC(=O)CSc3nc(N)c(C#N)c(C(C)C)c3C#N)cc2)n1. The van der Waals surface area contributed by atoms with E-state index in [1.54, 1.807) is 13.0 Å². The number of anilines is 3. The number of carbonyl (C=O) groups is 1. The van der Waals surface area contributed by atoms with Crippen molar-refractivity contribution in [1.82, 2.24) is 15.0 Å². The summed E-state index contributed by atoms with van der Waals surface area (Å²) in [5.74, 6) is -0.670. The van der Waals surface area contributed by atoms with Crippen LogP contribution in [-0.2, 0) is 14.8 Å². The summed E-state index contributed by atoms with van der Waals surface area (Å²) in [6.45, 7) is 5.39. The van der Waals surface area contributed by atoms with Crippen molar-refractivity contribution in [2.75, 3.05) is 21.5 Å². The number of amides is 1. The molecule has 4 N–H and O–H groups in total. The van der Waals surface area contributed by atoms with Gasteiger partial charge in [-0.1, -0.05) is 25.6 Å². The lowest BCUT2D eigenvalue weighted by Gasteiger charge is -2.15. The highest BCUT2D eigenvalue weighted by molar-refractivity contribution is 8.00. The molecule has 3 rings (SSSR count). The van der Waals surface area contributed by atoms with Gasteiger partial charge >= 0.3 is 0 Å². The van der Waals surface area contributed by atoms with Gasteiger partial charge in [0.2, 0.25) is 11.9 Å². The Morgan fingerprint density at radius 2 is 1.78 bits per heavy atom. The van der Waals surface area contributed by atoms with Crippen molar-refractivity contribution < 1.29 is 13.2 Å². The van der Waals surface area contributed by atoms with Gasteiger partial charge in [-0.15, -0.1) is 0 Å². The molecule has 2 heterocycles. The third-order valence-corrected chi connectivity index (χ3v) is 7.16. The van der Waals surface area contributed by atoms with Crippen molar-refractivity contribution in [2.24, 2.45) is 0 Å². The maximum absolute atomic E-state index is 12.6. The molecule has 184 valence electrons. The molecule has 0 saturated carbocycles. The number of hydrogen-bond acceptors (Lipinski definition) is 10. The minimum atomic E-state index is -3.92. The molecule has 0 radical (unpaired) electrons. The van der Waals surface area contributed by atoms with Crippen LogP contribution in [0.5, 0.6) is 0 Å². The summed E-state index contributed by atoms with van der Waals surface area (Å²) in [6, 6.07) is 11.3. The van der Waals surface area contributed by atoms with Crippen LogP contribution in [0.1, 0.15) is 42.1 Å². The first-order valence-electron chi connectivity index (χ1n) is 10.5. The summed E-state index contributed by atoms with van der Waals surface area (Å²) < 4.78 is 27.4. The third-order valence-electron chi connectivity index (χ3n) is 4.84. The van der Waals surface area contributed by atoms with Gasteiger partial charge < -0.3 is 11.1 Å². The molecule has 0 unspecified atom stereocenters. The Bertz CT molecular complexity index is 1490. The Morgan fingerprint density at radius 1 is 1.11 bits per heavy atom. The van der Waals surface area contributed by atoms with E-state index >= 15 is 0 Å². The number of nitrogens with one attached hydrogen (secondary N) is 2. The van der Waals surface area contributed by atoms with Gasteiger partial charge in [0.1, 0.15) is 23.0 Å². The van der Waals surface area contributed by atoms with Gasteiger partial charge in [-0.3, -0.25) is 4.79 Å². The molecular formula is C23H22N8O3S2. The molecule has 0 aliphatic heterocycles. The number of thioether (sulfide) groups is 1. The minimum absolute atomic E-state index is 0.00424. The number of sulfonamides is 1. The summed E-state index contributed by atoms with van der Waals surface area (Å²) >= 11 is 1.02. The summed E-state index contributed by atoms with van der Waals surface area (Å²) in [4.78, 5) is 24.5. The maximum Gasteiger partial charge on any atom is 0.264 e. The molecule has 0 spiro atoms. The standard InChI is InChI=1S/C23H22N8O3S2/c1-13(2)20-17(10-24)21(26)30-22(18(20)11-25)35-12-19(32)29-15-4-6-16(7-5-15)36(33,34)31-23-27-9-8-14(3)28-23/h4-9,13H,12H2,1-3H3,(H2,26,30)(H,29,32)(H,27,28,31). The van der Waals surface area contributed by atoms with E-state index in [9.17, 15) is 23.7 Å². The first-order valence-corrected chi connectivity index (χ1v) is 13.0. The molecule has 2 aromatic heterocycles. The summed E-state index contributed by atoms with van der Waals surface area (Å²) in [5.41, 5.74) is 7.77. The lowest BCUT2D eigenvalue weighted by molar-refractivity contribution is -0.113.